The van der Waals surface area contributed by atoms with Crippen molar-refractivity contribution in [2.24, 2.45) is 0 Å². The Balaban J connectivity index is 1.97. The van der Waals surface area contributed by atoms with Crippen molar-refractivity contribution in [2.45, 2.75) is 45.0 Å². The van der Waals surface area contributed by atoms with Gasteiger partial charge < -0.3 is 26.3 Å². The van der Waals surface area contributed by atoms with Gasteiger partial charge in [-0.25, -0.2) is 14.4 Å². The molecule has 34 heavy (non-hydrogen) atoms. The Kier molecular flexibility index (Phi) is 6.06. The Hall–Kier alpha value is -3.48. The minimum atomic E-state index is -4.85. The molecular weight excluding hydrogens is 458 g/mol. The van der Waals surface area contributed by atoms with E-state index >= 15 is 4.39 Å². The van der Waals surface area contributed by atoms with Crippen LogP contribution in [-0.4, -0.2) is 45.7 Å². The van der Waals surface area contributed by atoms with Crippen molar-refractivity contribution in [1.82, 2.24) is 25.3 Å². The van der Waals surface area contributed by atoms with Crippen molar-refractivity contribution in [3.8, 4) is 23.3 Å². The molecule has 0 amide bonds. The van der Waals surface area contributed by atoms with Crippen LogP contribution in [0.5, 0.6) is 11.9 Å². The molecule has 2 unspecified atom stereocenters. The lowest BCUT2D eigenvalue weighted by Gasteiger charge is -2.30. The molecule has 9 nitrogen and oxygen atoms in total. The summed E-state index contributed by atoms with van der Waals surface area (Å²) < 4.78 is 68.3. The Bertz CT molecular complexity index is 1250. The topological polar surface area (TPSA) is 134 Å². The summed E-state index contributed by atoms with van der Waals surface area (Å²) in [6.45, 7) is 3.86. The van der Waals surface area contributed by atoms with Crippen LogP contribution >= 0.6 is 0 Å². The summed E-state index contributed by atoms with van der Waals surface area (Å²) in [6.07, 6.45) is -3.72. The van der Waals surface area contributed by atoms with E-state index in [9.17, 15) is 13.2 Å². The van der Waals surface area contributed by atoms with E-state index in [-0.39, 0.29) is 40.5 Å². The second kappa shape index (κ2) is 8.70. The van der Waals surface area contributed by atoms with Gasteiger partial charge in [0.1, 0.15) is 33.9 Å². The second-order valence-corrected chi connectivity index (χ2v) is 8.09. The molecule has 0 aromatic carbocycles. The average Bonchev–Trinajstić information content (AvgIpc) is 2.70. The van der Waals surface area contributed by atoms with Crippen molar-refractivity contribution in [3.63, 3.8) is 0 Å². The number of hydrogen-bond acceptors (Lipinski definition) is 9. The summed E-state index contributed by atoms with van der Waals surface area (Å²) in [5.41, 5.74) is 8.40. The van der Waals surface area contributed by atoms with E-state index in [1.54, 1.807) is 6.92 Å². The molecule has 13 heteroatoms. The number of ether oxygens (including phenoxy) is 2. The van der Waals surface area contributed by atoms with Gasteiger partial charge in [0.05, 0.1) is 18.8 Å². The van der Waals surface area contributed by atoms with Crippen molar-refractivity contribution in [2.75, 3.05) is 25.1 Å². The summed E-state index contributed by atoms with van der Waals surface area (Å²) in [5.74, 6) is -1.83. The van der Waals surface area contributed by atoms with Crippen molar-refractivity contribution in [3.05, 3.63) is 23.0 Å². The largest absolute Gasteiger partial charge is 0.474 e. The third-order valence-electron chi connectivity index (χ3n) is 5.54. The first-order valence-electron chi connectivity index (χ1n) is 10.4. The maximum absolute atomic E-state index is 15.7. The van der Waals surface area contributed by atoms with Crippen molar-refractivity contribution < 1.29 is 27.0 Å². The monoisotopic (exact) mass is 481 g/mol. The highest BCUT2D eigenvalue weighted by Gasteiger charge is 2.39. The summed E-state index contributed by atoms with van der Waals surface area (Å²) in [7, 11) is 1.25. The van der Waals surface area contributed by atoms with Gasteiger partial charge in [-0.1, -0.05) is 0 Å². The standard InChI is InChI=1S/C21H23F4N7O2/c1-8-6-11(26)29-16(13(8)21(23,24)25)17-14(22)15-12(18(27)32-20(31-15)33-3)19(30-17)34-9(2)7-10-4-5-28-10/h6,9-10,28H,4-5,7H2,1-3H3,(H2,26,29)(H2,27,31,32). The number of methoxy groups -OCH3 is 1. The molecule has 0 bridgehead atoms. The van der Waals surface area contributed by atoms with Gasteiger partial charge in [0.25, 0.3) is 0 Å². The van der Waals surface area contributed by atoms with E-state index in [0.29, 0.717) is 6.42 Å². The highest BCUT2D eigenvalue weighted by atomic mass is 19.4. The summed E-state index contributed by atoms with van der Waals surface area (Å²) >= 11 is 0. The van der Waals surface area contributed by atoms with Crippen molar-refractivity contribution in [1.29, 1.82) is 0 Å². The number of rotatable bonds is 6. The molecule has 4 heterocycles. The van der Waals surface area contributed by atoms with Crippen molar-refractivity contribution >= 4 is 22.5 Å². The summed E-state index contributed by atoms with van der Waals surface area (Å²) in [5, 5.41) is 3.15. The van der Waals surface area contributed by atoms with Crippen LogP contribution in [0.1, 0.15) is 30.9 Å². The molecule has 1 aliphatic rings. The Morgan fingerprint density at radius 1 is 1.18 bits per heavy atom. The number of nitrogens with one attached hydrogen (secondary N) is 1. The Morgan fingerprint density at radius 3 is 2.47 bits per heavy atom. The van der Waals surface area contributed by atoms with Crippen LogP contribution in [0.4, 0.5) is 29.2 Å². The molecule has 0 aliphatic carbocycles. The molecule has 0 saturated carbocycles. The highest BCUT2D eigenvalue weighted by molar-refractivity contribution is 5.95. The van der Waals surface area contributed by atoms with Gasteiger partial charge in [-0.15, -0.1) is 0 Å². The number of nitrogens with two attached hydrogens (primary N) is 2. The lowest BCUT2D eigenvalue weighted by atomic mass is 10.0. The van der Waals surface area contributed by atoms with Crippen LogP contribution in [0.25, 0.3) is 22.3 Å². The number of nitrogens with zero attached hydrogens (tertiary/aromatic N) is 4. The zero-order valence-corrected chi connectivity index (χ0v) is 18.6. The number of fused-ring (bicyclic) bond motifs is 1. The molecule has 5 N–H and O–H groups in total. The van der Waals surface area contributed by atoms with Crippen LogP contribution < -0.4 is 26.3 Å². The van der Waals surface area contributed by atoms with E-state index in [2.05, 4.69) is 25.3 Å². The number of pyridine rings is 2. The van der Waals surface area contributed by atoms with Gasteiger partial charge in [-0.05, 0) is 44.9 Å². The molecule has 0 radical (unpaired) electrons. The van der Waals surface area contributed by atoms with Gasteiger partial charge in [0.2, 0.25) is 5.88 Å². The lowest BCUT2D eigenvalue weighted by Crippen LogP contribution is -2.45. The van der Waals surface area contributed by atoms with Gasteiger partial charge in [0.15, 0.2) is 5.82 Å². The number of nitrogen functional groups attached to an aromatic ring is 2. The number of hydrogen-bond donors (Lipinski definition) is 3. The van der Waals surface area contributed by atoms with Crippen LogP contribution in [0.3, 0.4) is 0 Å². The van der Waals surface area contributed by atoms with Crippen LogP contribution in [-0.2, 0) is 6.18 Å². The Morgan fingerprint density at radius 2 is 1.88 bits per heavy atom. The number of aromatic nitrogens is 4. The third-order valence-corrected chi connectivity index (χ3v) is 5.54. The lowest BCUT2D eigenvalue weighted by molar-refractivity contribution is -0.137. The molecule has 4 rings (SSSR count). The molecule has 3 aromatic rings. The molecular formula is C21H23F4N7O2. The first-order valence-corrected chi connectivity index (χ1v) is 10.4. The fourth-order valence-electron chi connectivity index (χ4n) is 3.89. The van der Waals surface area contributed by atoms with E-state index in [1.165, 1.54) is 14.0 Å². The minimum absolute atomic E-state index is 0.0790. The maximum Gasteiger partial charge on any atom is 0.418 e. The van der Waals surface area contributed by atoms with E-state index in [1.807, 2.05) is 0 Å². The predicted molar refractivity (Wildman–Crippen MR) is 117 cm³/mol. The average molecular weight is 481 g/mol. The number of anilines is 2. The SMILES string of the molecule is COc1nc(N)c2c(OC(C)CC3CCN3)nc(-c3nc(N)cc(C)c3C(F)(F)F)c(F)c2n1. The predicted octanol–water partition coefficient (Wildman–Crippen LogP) is 3.25. The normalized spacial score (nSPS) is 16.9. The second-order valence-electron chi connectivity index (χ2n) is 8.09. The number of alkyl halides is 3. The highest BCUT2D eigenvalue weighted by Crippen LogP contribution is 2.42. The third kappa shape index (κ3) is 4.34. The fourth-order valence-corrected chi connectivity index (χ4v) is 3.89. The quantitative estimate of drug-likeness (QED) is 0.454. The summed E-state index contributed by atoms with van der Waals surface area (Å²) in [4.78, 5) is 15.8. The van der Waals surface area contributed by atoms with Gasteiger partial charge in [0, 0.05) is 6.04 Å². The van der Waals surface area contributed by atoms with Crippen LogP contribution in [0.2, 0.25) is 0 Å². The minimum Gasteiger partial charge on any atom is -0.474 e. The maximum atomic E-state index is 15.7. The summed E-state index contributed by atoms with van der Waals surface area (Å²) in [6, 6.07) is 1.01. The zero-order chi connectivity index (χ0) is 24.8. The smallest absolute Gasteiger partial charge is 0.418 e. The van der Waals surface area contributed by atoms with Gasteiger partial charge in [-0.2, -0.15) is 23.1 Å². The number of aryl methyl sites for hydroxylation is 1. The molecule has 182 valence electrons. The molecule has 0 spiro atoms. The Labute approximate surface area is 191 Å². The molecule has 3 aromatic heterocycles. The zero-order valence-electron chi connectivity index (χ0n) is 18.6. The fraction of sp³-hybridized carbons (Fsp3) is 0.429. The van der Waals surface area contributed by atoms with Crippen LogP contribution in [0, 0.1) is 12.7 Å². The van der Waals surface area contributed by atoms with E-state index in [4.69, 9.17) is 20.9 Å². The van der Waals surface area contributed by atoms with Gasteiger partial charge in [-0.3, -0.25) is 0 Å². The molecule has 2 atom stereocenters. The van der Waals surface area contributed by atoms with E-state index in [0.717, 1.165) is 19.0 Å². The molecule has 1 fully saturated rings. The number of halogens is 4. The first kappa shape index (κ1) is 23.7. The van der Waals surface area contributed by atoms with E-state index < -0.39 is 40.6 Å². The first-order chi connectivity index (χ1) is 16.0. The van der Waals surface area contributed by atoms with Gasteiger partial charge >= 0.3 is 12.2 Å². The molecule has 1 saturated heterocycles. The molecule has 1 aliphatic heterocycles. The van der Waals surface area contributed by atoms with Crippen LogP contribution in [0.15, 0.2) is 6.07 Å².